The normalized spacial score (nSPS) is 34.6. The Labute approximate surface area is 98.7 Å². The number of carbonyl (C=O) groups is 1. The second kappa shape index (κ2) is 5.20. The minimum atomic E-state index is -0.00350. The highest BCUT2D eigenvalue weighted by Crippen LogP contribution is 2.41. The summed E-state index contributed by atoms with van der Waals surface area (Å²) in [4.78, 5) is 11.7. The van der Waals surface area contributed by atoms with Crippen LogP contribution in [-0.2, 0) is 9.53 Å². The molecule has 0 N–H and O–H groups in total. The Hall–Kier alpha value is -0.530. The molecule has 92 valence electrons. The number of fused-ring (bicyclic) bond motifs is 1. The van der Waals surface area contributed by atoms with Gasteiger partial charge in [0.05, 0.1) is 5.92 Å². The van der Waals surface area contributed by atoms with Gasteiger partial charge in [0, 0.05) is 0 Å². The summed E-state index contributed by atoms with van der Waals surface area (Å²) < 4.78 is 5.68. The molecule has 16 heavy (non-hydrogen) atoms. The topological polar surface area (TPSA) is 26.3 Å². The van der Waals surface area contributed by atoms with Crippen LogP contribution >= 0.6 is 0 Å². The molecule has 2 nitrogen and oxygen atoms in total. The van der Waals surface area contributed by atoms with Crippen LogP contribution in [0, 0.1) is 17.8 Å². The maximum Gasteiger partial charge on any atom is 0.308 e. The van der Waals surface area contributed by atoms with Gasteiger partial charge < -0.3 is 4.74 Å². The maximum atomic E-state index is 11.7. The monoisotopic (exact) mass is 224 g/mol. The van der Waals surface area contributed by atoms with Crippen LogP contribution in [0.1, 0.15) is 58.8 Å². The first-order valence-corrected chi connectivity index (χ1v) is 6.89. The molecule has 0 aromatic carbocycles. The second-order valence-corrected chi connectivity index (χ2v) is 5.77. The van der Waals surface area contributed by atoms with Crippen molar-refractivity contribution in [2.45, 2.75) is 64.9 Å². The third kappa shape index (κ3) is 2.58. The highest BCUT2D eigenvalue weighted by atomic mass is 16.5. The molecule has 0 aliphatic heterocycles. The lowest BCUT2D eigenvalue weighted by molar-refractivity contribution is -0.160. The van der Waals surface area contributed by atoms with E-state index >= 15 is 0 Å². The van der Waals surface area contributed by atoms with Gasteiger partial charge in [0.25, 0.3) is 0 Å². The van der Waals surface area contributed by atoms with Gasteiger partial charge in [-0.15, -0.1) is 0 Å². The van der Waals surface area contributed by atoms with Gasteiger partial charge in [0.2, 0.25) is 0 Å². The molecule has 2 fully saturated rings. The van der Waals surface area contributed by atoms with E-state index in [1.807, 2.05) is 13.8 Å². The summed E-state index contributed by atoms with van der Waals surface area (Å²) in [5.74, 6) is 1.53. The molecule has 0 saturated heterocycles. The Kier molecular flexibility index (Phi) is 3.88. The molecule has 0 aromatic rings. The van der Waals surface area contributed by atoms with Gasteiger partial charge in [0.15, 0.2) is 0 Å². The van der Waals surface area contributed by atoms with Gasteiger partial charge in [0.1, 0.15) is 6.10 Å². The molecule has 0 amide bonds. The number of hydrogen-bond acceptors (Lipinski definition) is 2. The fourth-order valence-corrected chi connectivity index (χ4v) is 3.31. The molecule has 2 aliphatic rings. The molecule has 0 heterocycles. The van der Waals surface area contributed by atoms with Gasteiger partial charge in [-0.2, -0.15) is 0 Å². The summed E-state index contributed by atoms with van der Waals surface area (Å²) in [6.07, 6.45) is 9.29. The van der Waals surface area contributed by atoms with Crippen molar-refractivity contribution in [3.05, 3.63) is 0 Å². The summed E-state index contributed by atoms with van der Waals surface area (Å²) in [7, 11) is 0. The first-order chi connectivity index (χ1) is 7.68. The minimum Gasteiger partial charge on any atom is -0.462 e. The van der Waals surface area contributed by atoms with E-state index in [1.54, 1.807) is 0 Å². The van der Waals surface area contributed by atoms with Crippen molar-refractivity contribution in [2.75, 3.05) is 0 Å². The van der Waals surface area contributed by atoms with E-state index in [1.165, 1.54) is 38.5 Å². The average molecular weight is 224 g/mol. The van der Waals surface area contributed by atoms with Crippen molar-refractivity contribution in [2.24, 2.45) is 17.8 Å². The maximum absolute atomic E-state index is 11.7. The SMILES string of the molecule is CC(C)C(=O)OC1CCC[C@H]2CCCC[C@H]12. The molecule has 0 spiro atoms. The summed E-state index contributed by atoms with van der Waals surface area (Å²) in [6, 6.07) is 0. The zero-order valence-electron chi connectivity index (χ0n) is 10.6. The van der Waals surface area contributed by atoms with E-state index in [-0.39, 0.29) is 18.0 Å². The first kappa shape index (κ1) is 11.9. The lowest BCUT2D eigenvalue weighted by Crippen LogP contribution is -2.38. The van der Waals surface area contributed by atoms with Crippen molar-refractivity contribution in [3.8, 4) is 0 Å². The number of rotatable bonds is 2. The molecule has 2 saturated carbocycles. The van der Waals surface area contributed by atoms with Gasteiger partial charge >= 0.3 is 5.97 Å². The number of esters is 1. The molecule has 3 atom stereocenters. The van der Waals surface area contributed by atoms with Crippen LogP contribution < -0.4 is 0 Å². The van der Waals surface area contributed by atoms with E-state index in [0.717, 1.165) is 12.3 Å². The van der Waals surface area contributed by atoms with Crippen LogP contribution in [-0.4, -0.2) is 12.1 Å². The van der Waals surface area contributed by atoms with Crippen molar-refractivity contribution >= 4 is 5.97 Å². The first-order valence-electron chi connectivity index (χ1n) is 6.89. The molecule has 1 unspecified atom stereocenters. The minimum absolute atomic E-state index is 0.00350. The molecule has 0 bridgehead atoms. The largest absolute Gasteiger partial charge is 0.462 e. The van der Waals surface area contributed by atoms with Gasteiger partial charge in [-0.3, -0.25) is 4.79 Å². The predicted octanol–water partition coefficient (Wildman–Crippen LogP) is 3.54. The van der Waals surface area contributed by atoms with E-state index in [4.69, 9.17) is 4.74 Å². The van der Waals surface area contributed by atoms with Crippen molar-refractivity contribution < 1.29 is 9.53 Å². The molecule has 2 heteroatoms. The zero-order chi connectivity index (χ0) is 11.5. The lowest BCUT2D eigenvalue weighted by Gasteiger charge is -2.40. The summed E-state index contributed by atoms with van der Waals surface area (Å²) in [5.41, 5.74) is 0. The van der Waals surface area contributed by atoms with Crippen molar-refractivity contribution in [1.82, 2.24) is 0 Å². The fraction of sp³-hybridized carbons (Fsp3) is 0.929. The average Bonchev–Trinajstić information content (AvgIpc) is 2.29. The fourth-order valence-electron chi connectivity index (χ4n) is 3.31. The molecular weight excluding hydrogens is 200 g/mol. The number of hydrogen-bond donors (Lipinski definition) is 0. The third-order valence-corrected chi connectivity index (χ3v) is 4.25. The summed E-state index contributed by atoms with van der Waals surface area (Å²) in [6.45, 7) is 3.84. The zero-order valence-corrected chi connectivity index (χ0v) is 10.6. The van der Waals surface area contributed by atoms with Crippen LogP contribution in [0.4, 0.5) is 0 Å². The Morgan fingerprint density at radius 1 is 1.06 bits per heavy atom. The molecule has 0 radical (unpaired) electrons. The van der Waals surface area contributed by atoms with Crippen molar-refractivity contribution in [3.63, 3.8) is 0 Å². The highest BCUT2D eigenvalue weighted by Gasteiger charge is 2.37. The van der Waals surface area contributed by atoms with Crippen LogP contribution in [0.15, 0.2) is 0 Å². The van der Waals surface area contributed by atoms with Gasteiger partial charge in [-0.25, -0.2) is 0 Å². The van der Waals surface area contributed by atoms with E-state index in [9.17, 15) is 4.79 Å². The summed E-state index contributed by atoms with van der Waals surface area (Å²) >= 11 is 0. The summed E-state index contributed by atoms with van der Waals surface area (Å²) in [5, 5.41) is 0. The lowest BCUT2D eigenvalue weighted by atomic mass is 9.69. The van der Waals surface area contributed by atoms with E-state index in [0.29, 0.717) is 5.92 Å². The van der Waals surface area contributed by atoms with Gasteiger partial charge in [-0.05, 0) is 37.5 Å². The molecule has 0 aromatic heterocycles. The number of carbonyl (C=O) groups excluding carboxylic acids is 1. The highest BCUT2D eigenvalue weighted by molar-refractivity contribution is 5.71. The van der Waals surface area contributed by atoms with Crippen LogP contribution in [0.5, 0.6) is 0 Å². The van der Waals surface area contributed by atoms with Crippen LogP contribution in [0.2, 0.25) is 0 Å². The molecule has 2 rings (SSSR count). The van der Waals surface area contributed by atoms with E-state index in [2.05, 4.69) is 0 Å². The van der Waals surface area contributed by atoms with Crippen LogP contribution in [0.3, 0.4) is 0 Å². The Balaban J connectivity index is 1.94. The standard InChI is InChI=1S/C14H24O2/c1-10(2)14(15)16-13-9-5-7-11-6-3-4-8-12(11)13/h10-13H,3-9H2,1-2H3/t11-,12+,13?/m1/s1. The Bertz CT molecular complexity index is 245. The second-order valence-electron chi connectivity index (χ2n) is 5.77. The quantitative estimate of drug-likeness (QED) is 0.671. The van der Waals surface area contributed by atoms with Gasteiger partial charge in [-0.1, -0.05) is 33.1 Å². The third-order valence-electron chi connectivity index (χ3n) is 4.25. The predicted molar refractivity (Wildman–Crippen MR) is 64.0 cm³/mol. The smallest absolute Gasteiger partial charge is 0.308 e. The van der Waals surface area contributed by atoms with E-state index < -0.39 is 0 Å². The van der Waals surface area contributed by atoms with Crippen LogP contribution in [0.25, 0.3) is 0 Å². The number of ether oxygens (including phenoxy) is 1. The molecule has 2 aliphatic carbocycles. The Morgan fingerprint density at radius 3 is 2.50 bits per heavy atom. The Morgan fingerprint density at radius 2 is 1.75 bits per heavy atom. The van der Waals surface area contributed by atoms with Crippen molar-refractivity contribution in [1.29, 1.82) is 0 Å². The molecular formula is C14H24O2.